The van der Waals surface area contributed by atoms with Crippen LogP contribution in [0.25, 0.3) is 0 Å². The first-order valence-electron chi connectivity index (χ1n) is 5.18. The number of rotatable bonds is 4. The Balaban J connectivity index is 3.93. The lowest BCUT2D eigenvalue weighted by Crippen LogP contribution is -2.37. The maximum absolute atomic E-state index is 11.6. The van der Waals surface area contributed by atoms with Crippen LogP contribution in [0.1, 0.15) is 34.6 Å². The zero-order valence-corrected chi connectivity index (χ0v) is 11.1. The number of guanidine groups is 1. The lowest BCUT2D eigenvalue weighted by Gasteiger charge is -2.16. The van der Waals surface area contributed by atoms with Crippen molar-refractivity contribution in [2.24, 2.45) is 10.7 Å². The fraction of sp³-hybridized carbons (Fsp3) is 0.900. The standard InChI is InChI=1S/C10H23N3OS/c1-8(2)13-9(11)12-6-7-15(14)10(3,4)5/h8H,6-7H2,1-5H3,(H3,11,12,13). The van der Waals surface area contributed by atoms with E-state index in [9.17, 15) is 4.21 Å². The summed E-state index contributed by atoms with van der Waals surface area (Å²) < 4.78 is 11.5. The fourth-order valence-corrected chi connectivity index (χ4v) is 1.77. The molecule has 0 radical (unpaired) electrons. The van der Waals surface area contributed by atoms with E-state index in [0.717, 1.165) is 0 Å². The molecule has 0 saturated carbocycles. The van der Waals surface area contributed by atoms with Gasteiger partial charge in [0.05, 0.1) is 6.54 Å². The van der Waals surface area contributed by atoms with Crippen molar-refractivity contribution in [2.45, 2.75) is 45.4 Å². The summed E-state index contributed by atoms with van der Waals surface area (Å²) in [6.07, 6.45) is 0. The number of aliphatic imine (C=N–C) groups is 1. The zero-order valence-electron chi connectivity index (χ0n) is 10.3. The topological polar surface area (TPSA) is 67.5 Å². The summed E-state index contributed by atoms with van der Waals surface area (Å²) in [5, 5.41) is 2.98. The van der Waals surface area contributed by atoms with Gasteiger partial charge < -0.3 is 11.1 Å². The van der Waals surface area contributed by atoms with Crippen molar-refractivity contribution >= 4 is 16.8 Å². The van der Waals surface area contributed by atoms with Crippen molar-refractivity contribution in [3.8, 4) is 0 Å². The van der Waals surface area contributed by atoms with E-state index in [2.05, 4.69) is 10.3 Å². The van der Waals surface area contributed by atoms with Crippen molar-refractivity contribution in [3.05, 3.63) is 0 Å². The van der Waals surface area contributed by atoms with Gasteiger partial charge in [-0.3, -0.25) is 9.20 Å². The molecule has 0 fully saturated rings. The Labute approximate surface area is 95.2 Å². The van der Waals surface area contributed by atoms with Gasteiger partial charge in [0.15, 0.2) is 5.96 Å². The molecular weight excluding hydrogens is 210 g/mol. The minimum absolute atomic E-state index is 0.171. The van der Waals surface area contributed by atoms with Crippen molar-refractivity contribution in [1.82, 2.24) is 5.32 Å². The second-order valence-corrected chi connectivity index (χ2v) is 7.05. The summed E-state index contributed by atoms with van der Waals surface area (Å²) in [4.78, 5) is 4.11. The summed E-state index contributed by atoms with van der Waals surface area (Å²) in [5.41, 5.74) is 5.61. The third kappa shape index (κ3) is 7.36. The van der Waals surface area contributed by atoms with Crippen molar-refractivity contribution in [3.63, 3.8) is 0 Å². The molecular formula is C10H23N3OS. The Bertz CT molecular complexity index is 244. The monoisotopic (exact) mass is 233 g/mol. The average Bonchev–Trinajstić information content (AvgIpc) is 2.00. The molecule has 15 heavy (non-hydrogen) atoms. The molecule has 1 unspecified atom stereocenters. The SMILES string of the molecule is CC(C)NC(N)=NCCS(=O)C(C)(C)C. The highest BCUT2D eigenvalue weighted by molar-refractivity contribution is 7.86. The van der Waals surface area contributed by atoms with Crippen LogP contribution in [0, 0.1) is 0 Å². The second-order valence-electron chi connectivity index (χ2n) is 4.73. The van der Waals surface area contributed by atoms with Crippen molar-refractivity contribution in [2.75, 3.05) is 12.3 Å². The second kappa shape index (κ2) is 6.10. The minimum atomic E-state index is -0.857. The number of nitrogens with two attached hydrogens (primary N) is 1. The maximum atomic E-state index is 11.6. The van der Waals surface area contributed by atoms with Crippen molar-refractivity contribution < 1.29 is 4.21 Å². The van der Waals surface area contributed by atoms with E-state index >= 15 is 0 Å². The van der Waals surface area contributed by atoms with Crippen LogP contribution in [0.4, 0.5) is 0 Å². The van der Waals surface area contributed by atoms with Gasteiger partial charge in [0.25, 0.3) is 0 Å². The van der Waals surface area contributed by atoms with E-state index in [1.807, 2.05) is 34.6 Å². The quantitative estimate of drug-likeness (QED) is 0.559. The molecule has 1 atom stereocenters. The Morgan fingerprint density at radius 2 is 2.00 bits per heavy atom. The Morgan fingerprint density at radius 3 is 2.40 bits per heavy atom. The summed E-state index contributed by atoms with van der Waals surface area (Å²) in [6.45, 7) is 10.4. The molecule has 3 N–H and O–H groups in total. The summed E-state index contributed by atoms with van der Waals surface area (Å²) >= 11 is 0. The first kappa shape index (κ1) is 14.4. The molecule has 0 aliphatic carbocycles. The molecule has 0 rings (SSSR count). The summed E-state index contributed by atoms with van der Waals surface area (Å²) in [7, 11) is -0.857. The fourth-order valence-electron chi connectivity index (χ4n) is 0.897. The van der Waals surface area contributed by atoms with Crippen LogP contribution >= 0.6 is 0 Å². The molecule has 0 heterocycles. The number of hydrogen-bond donors (Lipinski definition) is 2. The maximum Gasteiger partial charge on any atom is 0.188 e. The third-order valence-electron chi connectivity index (χ3n) is 1.68. The van der Waals surface area contributed by atoms with E-state index < -0.39 is 10.8 Å². The van der Waals surface area contributed by atoms with E-state index in [-0.39, 0.29) is 10.8 Å². The molecule has 5 heteroatoms. The van der Waals surface area contributed by atoms with Gasteiger partial charge in [0.1, 0.15) is 0 Å². The summed E-state index contributed by atoms with van der Waals surface area (Å²) in [6, 6.07) is 0.280. The van der Waals surface area contributed by atoms with Gasteiger partial charge in [-0.15, -0.1) is 0 Å². The van der Waals surface area contributed by atoms with E-state index in [1.165, 1.54) is 0 Å². The number of nitrogens with one attached hydrogen (secondary N) is 1. The van der Waals surface area contributed by atoms with Gasteiger partial charge in [0.2, 0.25) is 0 Å². The Hall–Kier alpha value is -0.580. The van der Waals surface area contributed by atoms with Gasteiger partial charge in [-0.05, 0) is 34.6 Å². The van der Waals surface area contributed by atoms with Gasteiger partial charge in [-0.1, -0.05) is 0 Å². The zero-order chi connectivity index (χ0) is 12.1. The molecule has 4 nitrogen and oxygen atoms in total. The first-order valence-corrected chi connectivity index (χ1v) is 6.50. The molecule has 0 aliphatic heterocycles. The van der Waals surface area contributed by atoms with Crippen LogP contribution in [-0.4, -0.2) is 33.3 Å². The molecule has 0 aromatic heterocycles. The van der Waals surface area contributed by atoms with Gasteiger partial charge >= 0.3 is 0 Å². The number of hydrogen-bond acceptors (Lipinski definition) is 2. The van der Waals surface area contributed by atoms with Crippen LogP contribution in [0.3, 0.4) is 0 Å². The van der Waals surface area contributed by atoms with Gasteiger partial charge in [0, 0.05) is 27.3 Å². The molecule has 90 valence electrons. The molecule has 0 aliphatic rings. The van der Waals surface area contributed by atoms with Gasteiger partial charge in [-0.25, -0.2) is 0 Å². The molecule has 0 saturated heterocycles. The third-order valence-corrected chi connectivity index (χ3v) is 3.60. The normalized spacial score (nSPS) is 15.5. The lowest BCUT2D eigenvalue weighted by atomic mass is 10.3. The van der Waals surface area contributed by atoms with E-state index in [0.29, 0.717) is 18.3 Å². The number of nitrogens with zero attached hydrogens (tertiary/aromatic N) is 1. The van der Waals surface area contributed by atoms with Gasteiger partial charge in [-0.2, -0.15) is 0 Å². The highest BCUT2D eigenvalue weighted by Crippen LogP contribution is 2.10. The highest BCUT2D eigenvalue weighted by atomic mass is 32.2. The van der Waals surface area contributed by atoms with Crippen LogP contribution in [0.2, 0.25) is 0 Å². The summed E-state index contributed by atoms with van der Waals surface area (Å²) in [5.74, 6) is 0.986. The smallest absolute Gasteiger partial charge is 0.188 e. The van der Waals surface area contributed by atoms with Crippen LogP contribution in [-0.2, 0) is 10.8 Å². The largest absolute Gasteiger partial charge is 0.370 e. The molecule has 0 aromatic carbocycles. The van der Waals surface area contributed by atoms with Crippen LogP contribution in [0.15, 0.2) is 4.99 Å². The minimum Gasteiger partial charge on any atom is -0.370 e. The van der Waals surface area contributed by atoms with E-state index in [1.54, 1.807) is 0 Å². The van der Waals surface area contributed by atoms with Crippen molar-refractivity contribution in [1.29, 1.82) is 0 Å². The Kier molecular flexibility index (Phi) is 5.87. The predicted molar refractivity (Wildman–Crippen MR) is 67.5 cm³/mol. The molecule has 0 spiro atoms. The predicted octanol–water partition coefficient (Wildman–Crippen LogP) is 0.846. The van der Waals surface area contributed by atoms with Crippen LogP contribution in [0.5, 0.6) is 0 Å². The molecule has 0 amide bonds. The average molecular weight is 233 g/mol. The first-order chi connectivity index (χ1) is 6.73. The Morgan fingerprint density at radius 1 is 1.47 bits per heavy atom. The van der Waals surface area contributed by atoms with E-state index in [4.69, 9.17) is 5.73 Å². The molecule has 0 bridgehead atoms. The highest BCUT2D eigenvalue weighted by Gasteiger charge is 2.18. The van der Waals surface area contributed by atoms with Crippen LogP contribution < -0.4 is 11.1 Å². The molecule has 0 aromatic rings. The lowest BCUT2D eigenvalue weighted by molar-refractivity contribution is 0.648.